The molecule has 3 heteroatoms. The number of hydrogen-bond donors (Lipinski definition) is 0. The number of hydrogen-bond acceptors (Lipinski definition) is 3. The highest BCUT2D eigenvalue weighted by Crippen LogP contribution is 2.34. The molecule has 0 unspecified atom stereocenters. The van der Waals surface area contributed by atoms with E-state index in [2.05, 4.69) is 67.4 Å². The molecule has 3 rings (SSSR count). The Morgan fingerprint density at radius 1 is 0.862 bits per heavy atom. The second-order valence-electron chi connectivity index (χ2n) is 6.89. The zero-order valence-corrected chi connectivity index (χ0v) is 17.7. The molecule has 0 atom stereocenters. The monoisotopic (exact) mass is 385 g/mol. The van der Waals surface area contributed by atoms with Crippen molar-refractivity contribution < 1.29 is 9.47 Å². The normalized spacial score (nSPS) is 11.7. The summed E-state index contributed by atoms with van der Waals surface area (Å²) in [6, 6.07) is 20.9. The summed E-state index contributed by atoms with van der Waals surface area (Å²) in [7, 11) is 5.11. The van der Waals surface area contributed by atoms with Gasteiger partial charge in [0, 0.05) is 18.8 Å². The molecule has 0 fully saturated rings. The minimum absolute atomic E-state index is 0.715. The Bertz CT molecular complexity index is 1050. The SMILES string of the molecule is C/N=C/C(=C\c1cc(OC)c(OC)cc1C)c1cccc(-c2ccccc2)c1C. The van der Waals surface area contributed by atoms with Gasteiger partial charge in [-0.3, -0.25) is 4.99 Å². The van der Waals surface area contributed by atoms with Crippen molar-refractivity contribution in [2.24, 2.45) is 4.99 Å². The van der Waals surface area contributed by atoms with Crippen LogP contribution in [0.1, 0.15) is 22.3 Å². The van der Waals surface area contributed by atoms with Crippen molar-refractivity contribution in [2.45, 2.75) is 13.8 Å². The predicted octanol–water partition coefficient (Wildman–Crippen LogP) is 6.23. The summed E-state index contributed by atoms with van der Waals surface area (Å²) in [5.41, 5.74) is 8.06. The Kier molecular flexibility index (Phi) is 6.50. The van der Waals surface area contributed by atoms with E-state index in [0.717, 1.165) is 28.0 Å². The van der Waals surface area contributed by atoms with Gasteiger partial charge in [-0.05, 0) is 65.4 Å². The molecule has 0 saturated carbocycles. The van der Waals surface area contributed by atoms with Gasteiger partial charge in [0.05, 0.1) is 14.2 Å². The third-order valence-corrected chi connectivity index (χ3v) is 5.08. The molecule has 148 valence electrons. The summed E-state index contributed by atoms with van der Waals surface area (Å²) in [5.74, 6) is 1.45. The molecule has 0 saturated heterocycles. The standard InChI is InChI=1S/C26H27NO2/c1-18-14-25(28-4)26(29-5)16-21(18)15-22(17-27-3)24-13-9-12-23(19(24)2)20-10-7-6-8-11-20/h6-17H,1-5H3/b22-15+,27-17+. The first-order valence-electron chi connectivity index (χ1n) is 9.61. The molecular weight excluding hydrogens is 358 g/mol. The van der Waals surface area contributed by atoms with Crippen LogP contribution < -0.4 is 9.47 Å². The maximum Gasteiger partial charge on any atom is 0.161 e. The third kappa shape index (κ3) is 4.40. The summed E-state index contributed by atoms with van der Waals surface area (Å²) in [4.78, 5) is 4.31. The van der Waals surface area contributed by atoms with Crippen LogP contribution in [0.15, 0.2) is 65.7 Å². The fourth-order valence-corrected chi connectivity index (χ4v) is 3.52. The summed E-state index contributed by atoms with van der Waals surface area (Å²) in [6.07, 6.45) is 4.06. The first kappa shape index (κ1) is 20.4. The molecule has 0 aliphatic carbocycles. The zero-order chi connectivity index (χ0) is 20.8. The van der Waals surface area contributed by atoms with Gasteiger partial charge in [0.1, 0.15) is 0 Å². The molecule has 0 amide bonds. The average Bonchev–Trinajstić information content (AvgIpc) is 2.75. The van der Waals surface area contributed by atoms with Gasteiger partial charge in [-0.15, -0.1) is 0 Å². The Labute approximate surface area is 173 Å². The van der Waals surface area contributed by atoms with Gasteiger partial charge in [-0.2, -0.15) is 0 Å². The molecule has 0 radical (unpaired) electrons. The largest absolute Gasteiger partial charge is 0.493 e. The van der Waals surface area contributed by atoms with E-state index in [9.17, 15) is 0 Å². The molecular formula is C26H27NO2. The molecule has 3 nitrogen and oxygen atoms in total. The van der Waals surface area contributed by atoms with Crippen LogP contribution >= 0.6 is 0 Å². The van der Waals surface area contributed by atoms with Gasteiger partial charge < -0.3 is 9.47 Å². The molecule has 0 aliphatic rings. The smallest absolute Gasteiger partial charge is 0.161 e. The third-order valence-electron chi connectivity index (χ3n) is 5.08. The first-order valence-corrected chi connectivity index (χ1v) is 9.61. The Balaban J connectivity index is 2.15. The van der Waals surface area contributed by atoms with Crippen molar-refractivity contribution in [1.29, 1.82) is 0 Å². The second kappa shape index (κ2) is 9.24. The molecule has 0 aromatic heterocycles. The van der Waals surface area contributed by atoms with Crippen molar-refractivity contribution in [1.82, 2.24) is 0 Å². The molecule has 0 aliphatic heterocycles. The molecule has 0 N–H and O–H groups in total. The number of methoxy groups -OCH3 is 2. The molecule has 0 bridgehead atoms. The number of ether oxygens (including phenoxy) is 2. The van der Waals surface area contributed by atoms with Crippen LogP contribution in [0, 0.1) is 13.8 Å². The predicted molar refractivity (Wildman–Crippen MR) is 123 cm³/mol. The van der Waals surface area contributed by atoms with Crippen LogP contribution in [0.3, 0.4) is 0 Å². The lowest BCUT2D eigenvalue weighted by Gasteiger charge is -2.14. The molecule has 3 aromatic carbocycles. The number of benzene rings is 3. The van der Waals surface area contributed by atoms with Gasteiger partial charge in [0.2, 0.25) is 0 Å². The maximum atomic E-state index is 5.49. The highest BCUT2D eigenvalue weighted by molar-refractivity contribution is 6.16. The van der Waals surface area contributed by atoms with Crippen molar-refractivity contribution in [3.63, 3.8) is 0 Å². The van der Waals surface area contributed by atoms with Crippen LogP contribution in [0.25, 0.3) is 22.8 Å². The van der Waals surface area contributed by atoms with Gasteiger partial charge in [-0.25, -0.2) is 0 Å². The summed E-state index contributed by atoms with van der Waals surface area (Å²) in [6.45, 7) is 4.23. The molecule has 29 heavy (non-hydrogen) atoms. The summed E-state index contributed by atoms with van der Waals surface area (Å²) in [5, 5.41) is 0. The van der Waals surface area contributed by atoms with E-state index >= 15 is 0 Å². The van der Waals surface area contributed by atoms with E-state index in [1.807, 2.05) is 24.4 Å². The minimum atomic E-state index is 0.715. The number of aliphatic imine (C=N–C) groups is 1. The van der Waals surface area contributed by atoms with Crippen molar-refractivity contribution in [2.75, 3.05) is 21.3 Å². The van der Waals surface area contributed by atoms with Crippen LogP contribution in [0.5, 0.6) is 11.5 Å². The van der Waals surface area contributed by atoms with E-state index in [1.54, 1.807) is 21.3 Å². The fraction of sp³-hybridized carbons (Fsp3) is 0.192. The fourth-order valence-electron chi connectivity index (χ4n) is 3.52. The quantitative estimate of drug-likeness (QED) is 0.372. The van der Waals surface area contributed by atoms with Crippen LogP contribution in [0.2, 0.25) is 0 Å². The van der Waals surface area contributed by atoms with Gasteiger partial charge >= 0.3 is 0 Å². The maximum absolute atomic E-state index is 5.49. The number of nitrogens with zero attached hydrogens (tertiary/aromatic N) is 1. The summed E-state index contributed by atoms with van der Waals surface area (Å²) < 4.78 is 10.9. The van der Waals surface area contributed by atoms with Crippen LogP contribution in [-0.2, 0) is 0 Å². The average molecular weight is 386 g/mol. The summed E-state index contributed by atoms with van der Waals surface area (Å²) >= 11 is 0. The second-order valence-corrected chi connectivity index (χ2v) is 6.89. The van der Waals surface area contributed by atoms with Crippen molar-refractivity contribution in [3.8, 4) is 22.6 Å². The number of allylic oxidation sites excluding steroid dienone is 1. The number of rotatable bonds is 6. The van der Waals surface area contributed by atoms with Crippen LogP contribution in [-0.4, -0.2) is 27.5 Å². The van der Waals surface area contributed by atoms with E-state index in [4.69, 9.17) is 9.47 Å². The Hall–Kier alpha value is -3.33. The van der Waals surface area contributed by atoms with E-state index in [0.29, 0.717) is 5.75 Å². The lowest BCUT2D eigenvalue weighted by Crippen LogP contribution is -1.96. The lowest BCUT2D eigenvalue weighted by molar-refractivity contribution is 0.354. The van der Waals surface area contributed by atoms with Gasteiger partial charge in [-0.1, -0.05) is 48.5 Å². The molecule has 3 aromatic rings. The highest BCUT2D eigenvalue weighted by Gasteiger charge is 2.12. The van der Waals surface area contributed by atoms with Crippen molar-refractivity contribution >= 4 is 17.9 Å². The van der Waals surface area contributed by atoms with E-state index in [1.165, 1.54) is 16.7 Å². The lowest BCUT2D eigenvalue weighted by atomic mass is 9.91. The molecule has 0 heterocycles. The van der Waals surface area contributed by atoms with E-state index < -0.39 is 0 Å². The zero-order valence-electron chi connectivity index (χ0n) is 17.7. The van der Waals surface area contributed by atoms with Gasteiger partial charge in [0.25, 0.3) is 0 Å². The van der Waals surface area contributed by atoms with Crippen molar-refractivity contribution in [3.05, 3.63) is 82.9 Å². The Morgan fingerprint density at radius 2 is 1.55 bits per heavy atom. The Morgan fingerprint density at radius 3 is 2.21 bits per heavy atom. The van der Waals surface area contributed by atoms with Crippen LogP contribution in [0.4, 0.5) is 0 Å². The minimum Gasteiger partial charge on any atom is -0.493 e. The number of aryl methyl sites for hydroxylation is 1. The molecule has 0 spiro atoms. The highest BCUT2D eigenvalue weighted by atomic mass is 16.5. The topological polar surface area (TPSA) is 30.8 Å². The van der Waals surface area contributed by atoms with E-state index in [-0.39, 0.29) is 0 Å². The first-order chi connectivity index (χ1) is 14.1. The van der Waals surface area contributed by atoms with Gasteiger partial charge in [0.15, 0.2) is 11.5 Å².